The second kappa shape index (κ2) is 10.4. The van der Waals surface area contributed by atoms with Gasteiger partial charge in [-0.15, -0.1) is 11.3 Å². The van der Waals surface area contributed by atoms with Gasteiger partial charge in [-0.1, -0.05) is 24.3 Å². The first-order valence-electron chi connectivity index (χ1n) is 9.53. The summed E-state index contributed by atoms with van der Waals surface area (Å²) in [6, 6.07) is 13.0. The number of nitrogens with zero attached hydrogens (tertiary/aromatic N) is 1. The molecular formula is C22H21FN4O3S. The number of nitrogens with one attached hydrogen (secondary N) is 3. The lowest BCUT2D eigenvalue weighted by molar-refractivity contribution is -0.121. The molecule has 1 aromatic heterocycles. The maximum Gasteiger partial charge on any atom is 0.226 e. The zero-order valence-corrected chi connectivity index (χ0v) is 17.6. The van der Waals surface area contributed by atoms with E-state index < -0.39 is 0 Å². The van der Waals surface area contributed by atoms with E-state index in [-0.39, 0.29) is 36.4 Å². The largest absolute Gasteiger partial charge is 0.352 e. The average molecular weight is 441 g/mol. The van der Waals surface area contributed by atoms with Crippen LogP contribution in [-0.2, 0) is 20.9 Å². The van der Waals surface area contributed by atoms with Crippen LogP contribution >= 0.6 is 11.3 Å². The van der Waals surface area contributed by atoms with Crippen molar-refractivity contribution in [3.05, 3.63) is 65.3 Å². The van der Waals surface area contributed by atoms with Gasteiger partial charge in [0, 0.05) is 42.9 Å². The zero-order valence-electron chi connectivity index (χ0n) is 16.8. The number of amides is 3. The van der Waals surface area contributed by atoms with Gasteiger partial charge in [0.15, 0.2) is 5.13 Å². The van der Waals surface area contributed by atoms with Gasteiger partial charge < -0.3 is 16.0 Å². The van der Waals surface area contributed by atoms with Crippen LogP contribution in [0.2, 0.25) is 0 Å². The van der Waals surface area contributed by atoms with Crippen LogP contribution in [0, 0.1) is 5.82 Å². The van der Waals surface area contributed by atoms with Crippen LogP contribution in [0.5, 0.6) is 0 Å². The number of carbonyl (C=O) groups is 3. The number of carbonyl (C=O) groups excluding carboxylic acids is 3. The smallest absolute Gasteiger partial charge is 0.226 e. The third kappa shape index (κ3) is 7.00. The molecule has 0 bridgehead atoms. The highest BCUT2D eigenvalue weighted by atomic mass is 32.1. The first-order valence-corrected chi connectivity index (χ1v) is 10.4. The minimum atomic E-state index is -0.388. The molecule has 0 spiro atoms. The molecule has 0 saturated heterocycles. The summed E-state index contributed by atoms with van der Waals surface area (Å²) in [7, 11) is 0. The summed E-state index contributed by atoms with van der Waals surface area (Å²) in [5.41, 5.74) is 3.06. The fourth-order valence-electron chi connectivity index (χ4n) is 2.65. The predicted molar refractivity (Wildman–Crippen MR) is 118 cm³/mol. The highest BCUT2D eigenvalue weighted by Crippen LogP contribution is 2.25. The van der Waals surface area contributed by atoms with Gasteiger partial charge in [0.2, 0.25) is 17.7 Å². The summed E-state index contributed by atoms with van der Waals surface area (Å²) in [4.78, 5) is 39.4. The third-order valence-corrected chi connectivity index (χ3v) is 5.01. The normalized spacial score (nSPS) is 10.4. The quantitative estimate of drug-likeness (QED) is 0.494. The number of aromatic nitrogens is 1. The van der Waals surface area contributed by atoms with Gasteiger partial charge in [-0.2, -0.15) is 0 Å². The minimum absolute atomic E-state index is 0.000211. The number of anilines is 2. The van der Waals surface area contributed by atoms with Crippen molar-refractivity contribution in [1.29, 1.82) is 0 Å². The van der Waals surface area contributed by atoms with E-state index in [2.05, 4.69) is 20.9 Å². The van der Waals surface area contributed by atoms with Crippen molar-refractivity contribution in [2.24, 2.45) is 0 Å². The molecule has 9 heteroatoms. The van der Waals surface area contributed by atoms with Crippen LogP contribution in [-0.4, -0.2) is 22.7 Å². The molecule has 2 aromatic carbocycles. The van der Waals surface area contributed by atoms with E-state index in [1.807, 2.05) is 29.6 Å². The summed E-state index contributed by atoms with van der Waals surface area (Å²) < 4.78 is 12.9. The number of benzene rings is 2. The maximum atomic E-state index is 12.9. The number of halogens is 1. The topological polar surface area (TPSA) is 100 Å². The van der Waals surface area contributed by atoms with Gasteiger partial charge in [-0.05, 0) is 29.8 Å². The molecule has 7 nitrogen and oxygen atoms in total. The molecule has 0 aliphatic rings. The van der Waals surface area contributed by atoms with Crippen molar-refractivity contribution in [2.45, 2.75) is 26.3 Å². The Morgan fingerprint density at radius 1 is 0.935 bits per heavy atom. The Kier molecular flexibility index (Phi) is 7.45. The molecular weight excluding hydrogens is 419 g/mol. The van der Waals surface area contributed by atoms with Gasteiger partial charge in [0.25, 0.3) is 0 Å². The molecule has 0 fully saturated rings. The molecule has 1 heterocycles. The van der Waals surface area contributed by atoms with Gasteiger partial charge in [-0.25, -0.2) is 9.37 Å². The first-order chi connectivity index (χ1) is 14.9. The molecule has 0 atom stereocenters. The van der Waals surface area contributed by atoms with Crippen molar-refractivity contribution in [2.75, 3.05) is 10.6 Å². The molecule has 0 saturated carbocycles. The van der Waals surface area contributed by atoms with E-state index in [9.17, 15) is 18.8 Å². The summed E-state index contributed by atoms with van der Waals surface area (Å²) in [5, 5.41) is 10.3. The van der Waals surface area contributed by atoms with Crippen LogP contribution in [0.3, 0.4) is 0 Å². The molecule has 3 amide bonds. The lowest BCUT2D eigenvalue weighted by atomic mass is 10.1. The molecule has 3 rings (SSSR count). The van der Waals surface area contributed by atoms with E-state index in [0.29, 0.717) is 17.4 Å². The Hall–Kier alpha value is -3.59. The third-order valence-electron chi connectivity index (χ3n) is 4.25. The van der Waals surface area contributed by atoms with E-state index >= 15 is 0 Å². The Bertz CT molecular complexity index is 1070. The maximum absolute atomic E-state index is 12.9. The summed E-state index contributed by atoms with van der Waals surface area (Å²) in [5.74, 6) is -1.13. The van der Waals surface area contributed by atoms with Crippen LogP contribution in [0.25, 0.3) is 11.3 Å². The minimum Gasteiger partial charge on any atom is -0.352 e. The van der Waals surface area contributed by atoms with E-state index in [1.165, 1.54) is 42.5 Å². The molecule has 0 aliphatic carbocycles. The number of thiazole rings is 1. The molecule has 160 valence electrons. The molecule has 0 radical (unpaired) electrons. The van der Waals surface area contributed by atoms with Crippen molar-refractivity contribution < 1.29 is 18.8 Å². The highest BCUT2D eigenvalue weighted by molar-refractivity contribution is 7.14. The molecule has 3 N–H and O–H groups in total. The zero-order chi connectivity index (χ0) is 22.2. The summed E-state index contributed by atoms with van der Waals surface area (Å²) >= 11 is 1.29. The Balaban J connectivity index is 1.47. The van der Waals surface area contributed by atoms with Gasteiger partial charge in [0.1, 0.15) is 5.82 Å². The number of rotatable bonds is 8. The van der Waals surface area contributed by atoms with Crippen LogP contribution in [0.4, 0.5) is 15.2 Å². The van der Waals surface area contributed by atoms with Gasteiger partial charge in [-0.3, -0.25) is 14.4 Å². The van der Waals surface area contributed by atoms with Gasteiger partial charge >= 0.3 is 0 Å². The first kappa shape index (κ1) is 22.1. The standard InChI is InChI=1S/C22H21FN4O3S/c1-14(28)24-12-15-2-4-16(5-3-15)19-13-31-22(26-19)27-21(30)11-10-20(29)25-18-8-6-17(23)7-9-18/h2-9,13H,10-12H2,1H3,(H,24,28)(H,25,29)(H,26,27,30). The van der Waals surface area contributed by atoms with Crippen LogP contribution in [0.1, 0.15) is 25.3 Å². The van der Waals surface area contributed by atoms with E-state index in [4.69, 9.17) is 0 Å². The monoisotopic (exact) mass is 440 g/mol. The lowest BCUT2D eigenvalue weighted by Gasteiger charge is -2.05. The van der Waals surface area contributed by atoms with Crippen molar-refractivity contribution in [1.82, 2.24) is 10.3 Å². The Morgan fingerprint density at radius 3 is 2.23 bits per heavy atom. The fraction of sp³-hybridized carbons (Fsp3) is 0.182. The molecule has 0 unspecified atom stereocenters. The van der Waals surface area contributed by atoms with Crippen LogP contribution < -0.4 is 16.0 Å². The van der Waals surface area contributed by atoms with Crippen LogP contribution in [0.15, 0.2) is 53.9 Å². The average Bonchev–Trinajstić information content (AvgIpc) is 3.21. The molecule has 31 heavy (non-hydrogen) atoms. The van der Waals surface area contributed by atoms with Crippen molar-refractivity contribution in [3.63, 3.8) is 0 Å². The summed E-state index contributed by atoms with van der Waals surface area (Å²) in [6.45, 7) is 1.93. The summed E-state index contributed by atoms with van der Waals surface area (Å²) in [6.07, 6.45) is -0.00299. The second-order valence-electron chi connectivity index (χ2n) is 6.75. The second-order valence-corrected chi connectivity index (χ2v) is 7.61. The molecule has 3 aromatic rings. The fourth-order valence-corrected chi connectivity index (χ4v) is 3.39. The van der Waals surface area contributed by atoms with E-state index in [1.54, 1.807) is 0 Å². The molecule has 0 aliphatic heterocycles. The number of hydrogen-bond acceptors (Lipinski definition) is 5. The Morgan fingerprint density at radius 2 is 1.58 bits per heavy atom. The lowest BCUT2D eigenvalue weighted by Crippen LogP contribution is -2.18. The van der Waals surface area contributed by atoms with Gasteiger partial charge in [0.05, 0.1) is 5.69 Å². The highest BCUT2D eigenvalue weighted by Gasteiger charge is 2.11. The van der Waals surface area contributed by atoms with E-state index in [0.717, 1.165) is 16.8 Å². The van der Waals surface area contributed by atoms with Crippen molar-refractivity contribution >= 4 is 39.9 Å². The Labute approximate surface area is 182 Å². The SMILES string of the molecule is CC(=O)NCc1ccc(-c2csc(NC(=O)CCC(=O)Nc3ccc(F)cc3)n2)cc1. The van der Waals surface area contributed by atoms with Crippen molar-refractivity contribution in [3.8, 4) is 11.3 Å². The predicted octanol–water partition coefficient (Wildman–Crippen LogP) is 3.94. The number of hydrogen-bond donors (Lipinski definition) is 3.